The van der Waals surface area contributed by atoms with Gasteiger partial charge in [0.2, 0.25) is 0 Å². The highest BCUT2D eigenvalue weighted by Crippen LogP contribution is 2.35. The van der Waals surface area contributed by atoms with Crippen molar-refractivity contribution < 1.29 is 4.39 Å². The predicted octanol–water partition coefficient (Wildman–Crippen LogP) is 5.62. The molecule has 2 heteroatoms. The molecule has 2 aromatic carbocycles. The van der Waals surface area contributed by atoms with Crippen LogP contribution in [0, 0.1) is 5.82 Å². The molecule has 0 spiro atoms. The molecule has 1 heterocycles. The van der Waals surface area contributed by atoms with Gasteiger partial charge in [0.15, 0.2) is 0 Å². The number of hydrogen-bond donors (Lipinski definition) is 0. The Hall–Kier alpha value is -1.41. The Kier molecular flexibility index (Phi) is 4.54. The molecule has 1 saturated heterocycles. The summed E-state index contributed by atoms with van der Waals surface area (Å²) in [6, 6.07) is 20.2. The smallest absolute Gasteiger partial charge is 0.123 e. The van der Waals surface area contributed by atoms with Crippen molar-refractivity contribution in [2.45, 2.75) is 43.8 Å². The maximum atomic E-state index is 13.0. The first kappa shape index (κ1) is 14.5. The van der Waals surface area contributed by atoms with Crippen molar-refractivity contribution in [1.29, 1.82) is 0 Å². The minimum atomic E-state index is -0.367. The summed E-state index contributed by atoms with van der Waals surface area (Å²) in [6.45, 7) is 2.37. The second-order valence-corrected chi connectivity index (χ2v) is 9.96. The number of rotatable bonds is 3. The van der Waals surface area contributed by atoms with Gasteiger partial charge in [0.05, 0.1) is 0 Å². The lowest BCUT2D eigenvalue weighted by Crippen LogP contribution is -2.19. The lowest BCUT2D eigenvalue weighted by Gasteiger charge is -2.27. The van der Waals surface area contributed by atoms with Crippen molar-refractivity contribution in [3.8, 4) is 11.1 Å². The lowest BCUT2D eigenvalue weighted by atomic mass is 9.92. The molecule has 1 fully saturated rings. The van der Waals surface area contributed by atoms with Crippen LogP contribution >= 0.6 is 0 Å². The standard InChI is InChI=1S/C19H23FSi/c1-2-21-13-11-18(12-14-21)16-5-3-15(4-6-16)17-7-9-19(20)10-8-17/h3-10,18,21H,2,11-14H2,1H3/t18-,21-. The van der Waals surface area contributed by atoms with Gasteiger partial charge in [-0.05, 0) is 47.6 Å². The SMILES string of the molecule is CC[Si@H]1CC[C@H](c2ccc(-c3ccc(F)cc3)cc2)CC1. The molecule has 1 aliphatic rings. The van der Waals surface area contributed by atoms with Gasteiger partial charge in [-0.15, -0.1) is 0 Å². The minimum absolute atomic E-state index is 0.174. The maximum Gasteiger partial charge on any atom is 0.123 e. The predicted molar refractivity (Wildman–Crippen MR) is 91.1 cm³/mol. The summed E-state index contributed by atoms with van der Waals surface area (Å²) < 4.78 is 13.0. The van der Waals surface area contributed by atoms with Crippen molar-refractivity contribution >= 4 is 8.80 Å². The summed E-state index contributed by atoms with van der Waals surface area (Å²) in [4.78, 5) is 0. The molecule has 2 aromatic rings. The van der Waals surface area contributed by atoms with Gasteiger partial charge < -0.3 is 0 Å². The van der Waals surface area contributed by atoms with E-state index in [-0.39, 0.29) is 14.6 Å². The van der Waals surface area contributed by atoms with Gasteiger partial charge in [0.25, 0.3) is 0 Å². The van der Waals surface area contributed by atoms with E-state index in [4.69, 9.17) is 0 Å². The summed E-state index contributed by atoms with van der Waals surface area (Å²) in [6.07, 6.45) is 2.78. The number of benzene rings is 2. The third-order valence-electron chi connectivity index (χ3n) is 4.98. The summed E-state index contributed by atoms with van der Waals surface area (Å²) in [7, 11) is -0.367. The van der Waals surface area contributed by atoms with Crippen LogP contribution in [0.3, 0.4) is 0 Å². The van der Waals surface area contributed by atoms with Crippen molar-refractivity contribution in [1.82, 2.24) is 0 Å². The summed E-state index contributed by atoms with van der Waals surface area (Å²) >= 11 is 0. The topological polar surface area (TPSA) is 0 Å². The van der Waals surface area contributed by atoms with Gasteiger partial charge >= 0.3 is 0 Å². The molecule has 0 bridgehead atoms. The fourth-order valence-corrected chi connectivity index (χ4v) is 6.35. The molecule has 110 valence electrons. The van der Waals surface area contributed by atoms with Crippen molar-refractivity contribution in [3.05, 3.63) is 59.9 Å². The quantitative estimate of drug-likeness (QED) is 0.645. The molecule has 0 radical (unpaired) electrons. The van der Waals surface area contributed by atoms with Crippen LogP contribution in [-0.2, 0) is 0 Å². The molecule has 0 aromatic heterocycles. The molecule has 0 unspecified atom stereocenters. The maximum absolute atomic E-state index is 13.0. The van der Waals surface area contributed by atoms with E-state index in [2.05, 4.69) is 31.2 Å². The van der Waals surface area contributed by atoms with Crippen molar-refractivity contribution in [2.24, 2.45) is 0 Å². The highest BCUT2D eigenvalue weighted by atomic mass is 28.3. The van der Waals surface area contributed by atoms with E-state index >= 15 is 0 Å². The highest BCUT2D eigenvalue weighted by molar-refractivity contribution is 6.58. The largest absolute Gasteiger partial charge is 0.207 e. The molecule has 0 amide bonds. The molecule has 1 aliphatic heterocycles. The zero-order chi connectivity index (χ0) is 14.7. The first-order chi connectivity index (χ1) is 10.3. The van der Waals surface area contributed by atoms with E-state index in [9.17, 15) is 4.39 Å². The molecular weight excluding hydrogens is 275 g/mol. The normalized spacial score (nSPS) is 22.2. The zero-order valence-electron chi connectivity index (χ0n) is 12.7. The van der Waals surface area contributed by atoms with E-state index in [1.54, 1.807) is 0 Å². The first-order valence-corrected chi connectivity index (χ1v) is 10.6. The first-order valence-electron chi connectivity index (χ1n) is 8.12. The molecule has 0 nitrogen and oxygen atoms in total. The van der Waals surface area contributed by atoms with Crippen LogP contribution in [0.15, 0.2) is 48.5 Å². The van der Waals surface area contributed by atoms with E-state index in [1.807, 2.05) is 12.1 Å². The molecule has 0 atom stereocenters. The fraction of sp³-hybridized carbons (Fsp3) is 0.368. The van der Waals surface area contributed by atoms with Crippen LogP contribution in [0.4, 0.5) is 4.39 Å². The van der Waals surface area contributed by atoms with Gasteiger partial charge in [-0.25, -0.2) is 4.39 Å². The monoisotopic (exact) mass is 298 g/mol. The molecule has 3 rings (SSSR count). The Labute approximate surface area is 128 Å². The highest BCUT2D eigenvalue weighted by Gasteiger charge is 2.21. The van der Waals surface area contributed by atoms with Crippen LogP contribution in [0.2, 0.25) is 18.1 Å². The Morgan fingerprint density at radius 2 is 1.43 bits per heavy atom. The molecule has 0 aliphatic carbocycles. The third-order valence-corrected chi connectivity index (χ3v) is 8.44. The minimum Gasteiger partial charge on any atom is -0.207 e. The van der Waals surface area contributed by atoms with Gasteiger partial charge in [-0.1, -0.05) is 61.5 Å². The third kappa shape index (κ3) is 3.43. The van der Waals surface area contributed by atoms with Crippen LogP contribution in [0.5, 0.6) is 0 Å². The lowest BCUT2D eigenvalue weighted by molar-refractivity contribution is 0.607. The second kappa shape index (κ2) is 6.57. The van der Waals surface area contributed by atoms with Crippen LogP contribution in [0.25, 0.3) is 11.1 Å². The Bertz CT molecular complexity index is 566. The van der Waals surface area contributed by atoms with Crippen LogP contribution in [0.1, 0.15) is 31.2 Å². The molecule has 0 saturated carbocycles. The van der Waals surface area contributed by atoms with Gasteiger partial charge in [0.1, 0.15) is 5.82 Å². The van der Waals surface area contributed by atoms with Crippen molar-refractivity contribution in [3.63, 3.8) is 0 Å². The molecule has 0 N–H and O–H groups in total. The summed E-state index contributed by atoms with van der Waals surface area (Å²) in [5.41, 5.74) is 3.75. The van der Waals surface area contributed by atoms with E-state index in [0.717, 1.165) is 11.5 Å². The Morgan fingerprint density at radius 3 is 1.95 bits per heavy atom. The average molecular weight is 298 g/mol. The molecular formula is C19H23FSi. The van der Waals surface area contributed by atoms with Gasteiger partial charge in [0, 0.05) is 8.80 Å². The Balaban J connectivity index is 1.71. The van der Waals surface area contributed by atoms with Crippen LogP contribution in [-0.4, -0.2) is 8.80 Å². The van der Waals surface area contributed by atoms with E-state index < -0.39 is 0 Å². The van der Waals surface area contributed by atoms with E-state index in [1.165, 1.54) is 54.2 Å². The van der Waals surface area contributed by atoms with Gasteiger partial charge in [-0.3, -0.25) is 0 Å². The average Bonchev–Trinajstić information content (AvgIpc) is 2.56. The van der Waals surface area contributed by atoms with Crippen LogP contribution < -0.4 is 0 Å². The zero-order valence-corrected chi connectivity index (χ0v) is 13.8. The van der Waals surface area contributed by atoms with E-state index in [0.29, 0.717) is 0 Å². The summed E-state index contributed by atoms with van der Waals surface area (Å²) in [5, 5.41) is 0. The fourth-order valence-electron chi connectivity index (χ4n) is 3.49. The second-order valence-electron chi connectivity index (χ2n) is 6.25. The number of halogens is 1. The van der Waals surface area contributed by atoms with Crippen molar-refractivity contribution in [2.75, 3.05) is 0 Å². The number of hydrogen-bond acceptors (Lipinski definition) is 0. The molecule has 21 heavy (non-hydrogen) atoms. The van der Waals surface area contributed by atoms with Gasteiger partial charge in [-0.2, -0.15) is 0 Å². The Morgan fingerprint density at radius 1 is 0.905 bits per heavy atom. The summed E-state index contributed by atoms with van der Waals surface area (Å²) in [5.74, 6) is 0.592.